The summed E-state index contributed by atoms with van der Waals surface area (Å²) in [5, 5.41) is 5.67. The lowest BCUT2D eigenvalue weighted by atomic mass is 10.1. The summed E-state index contributed by atoms with van der Waals surface area (Å²) in [6.07, 6.45) is -4.50. The second kappa shape index (κ2) is 8.93. The van der Waals surface area contributed by atoms with Crippen LogP contribution in [-0.2, 0) is 6.18 Å². The van der Waals surface area contributed by atoms with Crippen molar-refractivity contribution in [1.29, 1.82) is 0 Å². The molecule has 4 rings (SSSR count). The highest BCUT2D eigenvalue weighted by molar-refractivity contribution is 7.20. The summed E-state index contributed by atoms with van der Waals surface area (Å²) in [4.78, 5) is 24.0. The first-order valence-corrected chi connectivity index (χ1v) is 10.9. The first-order valence-electron chi connectivity index (χ1n) is 10.1. The van der Waals surface area contributed by atoms with Crippen molar-refractivity contribution < 1.29 is 13.2 Å². The normalized spacial score (nSPS) is 16.3. The molecule has 1 saturated heterocycles. The Balaban J connectivity index is 1.71. The van der Waals surface area contributed by atoms with E-state index in [-0.39, 0.29) is 17.3 Å². The van der Waals surface area contributed by atoms with Gasteiger partial charge in [0, 0.05) is 38.4 Å². The van der Waals surface area contributed by atoms with E-state index in [0.29, 0.717) is 18.6 Å². The summed E-state index contributed by atoms with van der Waals surface area (Å²) in [5.41, 5.74) is -1.51. The van der Waals surface area contributed by atoms with Gasteiger partial charge >= 0.3 is 6.18 Å². The van der Waals surface area contributed by atoms with Crippen molar-refractivity contribution in [1.82, 2.24) is 25.0 Å². The van der Waals surface area contributed by atoms with Gasteiger partial charge < -0.3 is 5.32 Å². The zero-order valence-corrected chi connectivity index (χ0v) is 17.8. The average molecular weight is 453 g/mol. The number of halogens is 3. The van der Waals surface area contributed by atoms with Crippen LogP contribution in [0.4, 0.5) is 13.2 Å². The molecule has 0 saturated carbocycles. The van der Waals surface area contributed by atoms with E-state index in [1.807, 2.05) is 12.1 Å². The fourth-order valence-corrected chi connectivity index (χ4v) is 4.55. The third kappa shape index (κ3) is 4.58. The van der Waals surface area contributed by atoms with Gasteiger partial charge in [-0.15, -0.1) is 0 Å². The molecule has 0 spiro atoms. The van der Waals surface area contributed by atoms with Gasteiger partial charge in [-0.25, -0.2) is 4.98 Å². The van der Waals surface area contributed by atoms with E-state index < -0.39 is 23.0 Å². The van der Waals surface area contributed by atoms with E-state index in [1.165, 1.54) is 0 Å². The number of aromatic amines is 1. The highest BCUT2D eigenvalue weighted by atomic mass is 32.1. The van der Waals surface area contributed by atoms with E-state index in [9.17, 15) is 18.0 Å². The number of rotatable bonds is 6. The Kier molecular flexibility index (Phi) is 6.26. The van der Waals surface area contributed by atoms with Gasteiger partial charge in [-0.2, -0.15) is 17.9 Å². The van der Waals surface area contributed by atoms with Crippen LogP contribution in [0.15, 0.2) is 34.1 Å². The van der Waals surface area contributed by atoms with E-state index in [4.69, 9.17) is 0 Å². The number of aromatic nitrogens is 3. The van der Waals surface area contributed by atoms with Crippen molar-refractivity contribution in [3.63, 3.8) is 0 Å². The summed E-state index contributed by atoms with van der Waals surface area (Å²) in [5.74, 6) is 0. The third-order valence-corrected chi connectivity index (χ3v) is 6.22. The Morgan fingerprint density at radius 3 is 2.68 bits per heavy atom. The van der Waals surface area contributed by atoms with Gasteiger partial charge in [0.2, 0.25) is 5.13 Å². The fourth-order valence-electron chi connectivity index (χ4n) is 3.63. The molecule has 1 aliphatic heterocycles. The lowest BCUT2D eigenvalue weighted by Gasteiger charge is -2.26. The minimum atomic E-state index is -4.72. The number of aliphatic imine (C=N–C) groups is 1. The number of fused-ring (bicyclic) bond motifs is 1. The molecule has 7 nitrogen and oxygen atoms in total. The quantitative estimate of drug-likeness (QED) is 0.564. The van der Waals surface area contributed by atoms with Gasteiger partial charge in [-0.05, 0) is 18.6 Å². The second-order valence-corrected chi connectivity index (χ2v) is 8.25. The number of alkyl halides is 3. The lowest BCUT2D eigenvalue weighted by molar-refractivity contribution is -0.141. The minimum absolute atomic E-state index is 0.156. The average Bonchev–Trinajstić information content (AvgIpc) is 3.33. The molecule has 1 fully saturated rings. The summed E-state index contributed by atoms with van der Waals surface area (Å²) < 4.78 is 43.1. The smallest absolute Gasteiger partial charge is 0.314 e. The molecule has 0 atom stereocenters. The SMILES string of the molecule is CCC(=NCCN1CCNCC1)c1c(C(F)(F)F)[nH]n(-c2nc3ccccc3s2)c1=O. The van der Waals surface area contributed by atoms with Gasteiger partial charge in [-0.1, -0.05) is 30.4 Å². The van der Waals surface area contributed by atoms with Gasteiger partial charge in [-0.3, -0.25) is 19.8 Å². The number of benzene rings is 1. The van der Waals surface area contributed by atoms with Crippen molar-refractivity contribution in [2.75, 3.05) is 39.3 Å². The Bertz CT molecular complexity index is 1110. The molecular weight excluding hydrogens is 429 g/mol. The Morgan fingerprint density at radius 2 is 2.00 bits per heavy atom. The number of H-pyrrole nitrogens is 1. The van der Waals surface area contributed by atoms with E-state index in [1.54, 1.807) is 19.1 Å². The van der Waals surface area contributed by atoms with Crippen LogP contribution in [0, 0.1) is 0 Å². The van der Waals surface area contributed by atoms with E-state index >= 15 is 0 Å². The first kappa shape index (κ1) is 21.7. The number of hydrogen-bond acceptors (Lipinski definition) is 6. The maximum atomic E-state index is 13.8. The Morgan fingerprint density at radius 1 is 1.26 bits per heavy atom. The van der Waals surface area contributed by atoms with Crippen LogP contribution < -0.4 is 10.9 Å². The number of hydrogen-bond donors (Lipinski definition) is 2. The van der Waals surface area contributed by atoms with Crippen LogP contribution in [0.3, 0.4) is 0 Å². The number of nitrogens with one attached hydrogen (secondary N) is 2. The molecule has 3 aromatic rings. The number of para-hydroxylation sites is 1. The van der Waals surface area contributed by atoms with Crippen LogP contribution in [-0.4, -0.2) is 64.6 Å². The van der Waals surface area contributed by atoms with Crippen molar-refractivity contribution in [3.8, 4) is 5.13 Å². The molecule has 11 heteroatoms. The Labute approximate surface area is 180 Å². The zero-order valence-electron chi connectivity index (χ0n) is 17.0. The van der Waals surface area contributed by atoms with E-state index in [2.05, 4.69) is 25.3 Å². The minimum Gasteiger partial charge on any atom is -0.314 e. The fraction of sp³-hybridized carbons (Fsp3) is 0.450. The lowest BCUT2D eigenvalue weighted by Crippen LogP contribution is -2.44. The first-order chi connectivity index (χ1) is 14.9. The number of thiazole rings is 1. The van der Waals surface area contributed by atoms with Crippen molar-refractivity contribution in [2.45, 2.75) is 19.5 Å². The maximum absolute atomic E-state index is 13.8. The molecule has 0 unspecified atom stereocenters. The molecule has 0 amide bonds. The van der Waals surface area contributed by atoms with Crippen LogP contribution in [0.5, 0.6) is 0 Å². The number of nitrogens with zero attached hydrogens (tertiary/aromatic N) is 4. The molecule has 0 bridgehead atoms. The topological polar surface area (TPSA) is 78.3 Å². The molecule has 1 aliphatic rings. The molecule has 166 valence electrons. The molecule has 1 aromatic carbocycles. The molecule has 2 aromatic heterocycles. The second-order valence-electron chi connectivity index (χ2n) is 7.24. The number of piperazine rings is 1. The van der Waals surface area contributed by atoms with Crippen LogP contribution in [0.1, 0.15) is 24.6 Å². The van der Waals surface area contributed by atoms with Crippen molar-refractivity contribution in [2.24, 2.45) is 4.99 Å². The summed E-state index contributed by atoms with van der Waals surface area (Å²) >= 11 is 1.15. The zero-order chi connectivity index (χ0) is 22.0. The Hall–Kier alpha value is -2.50. The molecule has 3 heterocycles. The van der Waals surface area contributed by atoms with Gasteiger partial charge in [0.15, 0.2) is 5.69 Å². The molecule has 2 N–H and O–H groups in total. The van der Waals surface area contributed by atoms with Gasteiger partial charge in [0.05, 0.1) is 22.3 Å². The van der Waals surface area contributed by atoms with Crippen molar-refractivity contribution in [3.05, 3.63) is 45.9 Å². The van der Waals surface area contributed by atoms with Gasteiger partial charge in [0.1, 0.15) is 0 Å². The van der Waals surface area contributed by atoms with Crippen molar-refractivity contribution >= 4 is 27.3 Å². The summed E-state index contributed by atoms with van der Waals surface area (Å²) in [6.45, 7) is 6.20. The highest BCUT2D eigenvalue weighted by Gasteiger charge is 2.39. The summed E-state index contributed by atoms with van der Waals surface area (Å²) in [6, 6.07) is 7.17. The summed E-state index contributed by atoms with van der Waals surface area (Å²) in [7, 11) is 0. The van der Waals surface area contributed by atoms with Crippen LogP contribution in [0.2, 0.25) is 0 Å². The predicted octanol–water partition coefficient (Wildman–Crippen LogP) is 2.90. The highest BCUT2D eigenvalue weighted by Crippen LogP contribution is 2.31. The van der Waals surface area contributed by atoms with Gasteiger partial charge in [0.25, 0.3) is 5.56 Å². The van der Waals surface area contributed by atoms with E-state index in [0.717, 1.165) is 46.9 Å². The maximum Gasteiger partial charge on any atom is 0.433 e. The monoisotopic (exact) mass is 452 g/mol. The third-order valence-electron chi connectivity index (χ3n) is 5.20. The molecule has 0 radical (unpaired) electrons. The van der Waals surface area contributed by atoms with Crippen LogP contribution in [0.25, 0.3) is 15.3 Å². The predicted molar refractivity (Wildman–Crippen MR) is 116 cm³/mol. The largest absolute Gasteiger partial charge is 0.433 e. The molecular formula is C20H23F3N6OS. The molecule has 0 aliphatic carbocycles. The standard InChI is InChI=1S/C20H23F3N6OS/c1-2-13(25-9-12-28-10-7-24-8-11-28)16-17(20(21,22)23)27-29(18(16)30)19-26-14-5-3-4-6-15(14)31-19/h3-6,24,27H,2,7-12H2,1H3. The molecule has 31 heavy (non-hydrogen) atoms. The van der Waals surface area contributed by atoms with Crippen LogP contribution >= 0.6 is 11.3 Å².